The Labute approximate surface area is 77.8 Å². The molecule has 1 fully saturated rings. The van der Waals surface area contributed by atoms with Gasteiger partial charge in [0.2, 0.25) is 0 Å². The van der Waals surface area contributed by atoms with Crippen LogP contribution in [0.15, 0.2) is 18.2 Å². The van der Waals surface area contributed by atoms with Crippen LogP contribution in [0.2, 0.25) is 0 Å². The van der Waals surface area contributed by atoms with Gasteiger partial charge in [-0.3, -0.25) is 0 Å². The monoisotopic (exact) mass is 179 g/mol. The molecular weight excluding hydrogens is 165 g/mol. The van der Waals surface area contributed by atoms with E-state index in [4.69, 9.17) is 5.73 Å². The lowest BCUT2D eigenvalue weighted by molar-refractivity contribution is 0.548. The summed E-state index contributed by atoms with van der Waals surface area (Å²) in [7, 11) is 0. The summed E-state index contributed by atoms with van der Waals surface area (Å²) in [6.07, 6.45) is 2.29. The molecule has 0 saturated heterocycles. The first-order valence-corrected chi connectivity index (χ1v) is 4.70. The number of hydrogen-bond acceptors (Lipinski definition) is 1. The fourth-order valence-corrected chi connectivity index (χ4v) is 1.64. The van der Waals surface area contributed by atoms with Crippen LogP contribution in [0.4, 0.5) is 4.39 Å². The molecule has 0 amide bonds. The quantitative estimate of drug-likeness (QED) is 0.741. The normalized spacial score (nSPS) is 18.7. The van der Waals surface area contributed by atoms with Gasteiger partial charge in [0.05, 0.1) is 0 Å². The molecule has 0 aromatic heterocycles. The predicted octanol–water partition coefficient (Wildman–Crippen LogP) is 2.54. The molecule has 1 aromatic rings. The number of aryl methyl sites for hydroxylation is 1. The SMILES string of the molecule is Cc1cccc(C(N)C2CC2)c1F. The Balaban J connectivity index is 2.32. The lowest BCUT2D eigenvalue weighted by Crippen LogP contribution is -2.14. The van der Waals surface area contributed by atoms with Crippen molar-refractivity contribution >= 4 is 0 Å². The number of benzene rings is 1. The van der Waals surface area contributed by atoms with Gasteiger partial charge in [-0.15, -0.1) is 0 Å². The third-order valence-electron chi connectivity index (χ3n) is 2.71. The molecule has 0 heterocycles. The van der Waals surface area contributed by atoms with E-state index in [-0.39, 0.29) is 11.9 Å². The van der Waals surface area contributed by atoms with E-state index in [0.29, 0.717) is 17.0 Å². The predicted molar refractivity (Wildman–Crippen MR) is 50.8 cm³/mol. The fourth-order valence-electron chi connectivity index (χ4n) is 1.64. The van der Waals surface area contributed by atoms with Crippen molar-refractivity contribution in [1.29, 1.82) is 0 Å². The van der Waals surface area contributed by atoms with Crippen molar-refractivity contribution in [3.05, 3.63) is 35.1 Å². The molecule has 0 spiro atoms. The standard InChI is InChI=1S/C11H14FN/c1-7-3-2-4-9(10(7)12)11(13)8-5-6-8/h2-4,8,11H,5-6,13H2,1H3. The highest BCUT2D eigenvalue weighted by molar-refractivity contribution is 5.28. The van der Waals surface area contributed by atoms with Crippen LogP contribution in [-0.4, -0.2) is 0 Å². The van der Waals surface area contributed by atoms with E-state index < -0.39 is 0 Å². The summed E-state index contributed by atoms with van der Waals surface area (Å²) in [4.78, 5) is 0. The van der Waals surface area contributed by atoms with E-state index >= 15 is 0 Å². The van der Waals surface area contributed by atoms with Crippen LogP contribution in [0.25, 0.3) is 0 Å². The maximum atomic E-state index is 13.6. The van der Waals surface area contributed by atoms with Gasteiger partial charge in [-0.2, -0.15) is 0 Å². The molecule has 1 atom stereocenters. The van der Waals surface area contributed by atoms with Crippen LogP contribution in [0.1, 0.15) is 30.0 Å². The summed E-state index contributed by atoms with van der Waals surface area (Å²) >= 11 is 0. The van der Waals surface area contributed by atoms with Gasteiger partial charge in [-0.25, -0.2) is 4.39 Å². The summed E-state index contributed by atoms with van der Waals surface area (Å²) in [5, 5.41) is 0. The second-order valence-corrected chi connectivity index (χ2v) is 3.84. The molecule has 2 heteroatoms. The first kappa shape index (κ1) is 8.70. The van der Waals surface area contributed by atoms with Crippen LogP contribution in [0.3, 0.4) is 0 Å². The van der Waals surface area contributed by atoms with Gasteiger partial charge in [-0.1, -0.05) is 18.2 Å². The van der Waals surface area contributed by atoms with Gasteiger partial charge < -0.3 is 5.73 Å². The minimum Gasteiger partial charge on any atom is -0.324 e. The van der Waals surface area contributed by atoms with Gasteiger partial charge in [0, 0.05) is 11.6 Å². The highest BCUT2D eigenvalue weighted by Crippen LogP contribution is 2.40. The van der Waals surface area contributed by atoms with Crippen LogP contribution in [0, 0.1) is 18.7 Å². The van der Waals surface area contributed by atoms with E-state index in [0.717, 1.165) is 12.8 Å². The number of rotatable bonds is 2. The molecule has 70 valence electrons. The highest BCUT2D eigenvalue weighted by atomic mass is 19.1. The highest BCUT2D eigenvalue weighted by Gasteiger charge is 2.31. The van der Waals surface area contributed by atoms with Crippen LogP contribution < -0.4 is 5.73 Å². The van der Waals surface area contributed by atoms with E-state index in [2.05, 4.69) is 0 Å². The molecule has 1 saturated carbocycles. The number of hydrogen-bond donors (Lipinski definition) is 1. The van der Waals surface area contributed by atoms with Gasteiger partial charge in [-0.05, 0) is 31.2 Å². The molecule has 1 nitrogen and oxygen atoms in total. The van der Waals surface area contributed by atoms with Crippen molar-refractivity contribution in [2.75, 3.05) is 0 Å². The van der Waals surface area contributed by atoms with Crippen molar-refractivity contribution in [2.45, 2.75) is 25.8 Å². The molecule has 0 bridgehead atoms. The molecule has 13 heavy (non-hydrogen) atoms. The first-order valence-electron chi connectivity index (χ1n) is 4.70. The van der Waals surface area contributed by atoms with E-state index in [1.807, 2.05) is 6.07 Å². The van der Waals surface area contributed by atoms with Crippen molar-refractivity contribution in [3.8, 4) is 0 Å². The van der Waals surface area contributed by atoms with E-state index in [9.17, 15) is 4.39 Å². The molecule has 0 aliphatic heterocycles. The Hall–Kier alpha value is -0.890. The third-order valence-corrected chi connectivity index (χ3v) is 2.71. The molecule has 2 N–H and O–H groups in total. The zero-order chi connectivity index (χ0) is 9.42. The molecule has 1 aliphatic rings. The summed E-state index contributed by atoms with van der Waals surface area (Å²) < 4.78 is 13.6. The van der Waals surface area contributed by atoms with Crippen LogP contribution in [0.5, 0.6) is 0 Å². The van der Waals surface area contributed by atoms with Gasteiger partial charge in [0.1, 0.15) is 5.82 Å². The topological polar surface area (TPSA) is 26.0 Å². The number of halogens is 1. The third kappa shape index (κ3) is 1.59. The summed E-state index contributed by atoms with van der Waals surface area (Å²) in [5.74, 6) is 0.387. The van der Waals surface area contributed by atoms with Gasteiger partial charge >= 0.3 is 0 Å². The lowest BCUT2D eigenvalue weighted by Gasteiger charge is -2.12. The minimum atomic E-state index is -0.123. The fraction of sp³-hybridized carbons (Fsp3) is 0.455. The molecule has 0 radical (unpaired) electrons. The average molecular weight is 179 g/mol. The van der Waals surface area contributed by atoms with Crippen molar-refractivity contribution in [1.82, 2.24) is 0 Å². The molecular formula is C11H14FN. The Kier molecular flexibility index (Phi) is 2.08. The largest absolute Gasteiger partial charge is 0.324 e. The Morgan fingerprint density at radius 3 is 2.77 bits per heavy atom. The van der Waals surface area contributed by atoms with E-state index in [1.54, 1.807) is 19.1 Å². The maximum absolute atomic E-state index is 13.6. The van der Waals surface area contributed by atoms with Crippen LogP contribution >= 0.6 is 0 Å². The smallest absolute Gasteiger partial charge is 0.130 e. The van der Waals surface area contributed by atoms with Crippen molar-refractivity contribution < 1.29 is 4.39 Å². The maximum Gasteiger partial charge on any atom is 0.130 e. The zero-order valence-corrected chi connectivity index (χ0v) is 7.76. The van der Waals surface area contributed by atoms with Crippen molar-refractivity contribution in [2.24, 2.45) is 11.7 Å². The minimum absolute atomic E-state index is 0.0973. The Morgan fingerprint density at radius 2 is 2.15 bits per heavy atom. The lowest BCUT2D eigenvalue weighted by atomic mass is 10.0. The molecule has 1 unspecified atom stereocenters. The summed E-state index contributed by atoms with van der Waals surface area (Å²) in [6, 6.07) is 5.35. The molecule has 2 rings (SSSR count). The van der Waals surface area contributed by atoms with Crippen LogP contribution in [-0.2, 0) is 0 Å². The number of nitrogens with two attached hydrogens (primary N) is 1. The zero-order valence-electron chi connectivity index (χ0n) is 7.76. The van der Waals surface area contributed by atoms with Gasteiger partial charge in [0.25, 0.3) is 0 Å². The second kappa shape index (κ2) is 3.11. The van der Waals surface area contributed by atoms with E-state index in [1.165, 1.54) is 0 Å². The first-order chi connectivity index (χ1) is 6.20. The second-order valence-electron chi connectivity index (χ2n) is 3.84. The Bertz CT molecular complexity index is 318. The molecule has 1 aliphatic carbocycles. The molecule has 1 aromatic carbocycles. The average Bonchev–Trinajstić information content (AvgIpc) is 2.91. The Morgan fingerprint density at radius 1 is 1.46 bits per heavy atom. The van der Waals surface area contributed by atoms with Crippen molar-refractivity contribution in [3.63, 3.8) is 0 Å². The van der Waals surface area contributed by atoms with Gasteiger partial charge in [0.15, 0.2) is 0 Å². The summed E-state index contributed by atoms with van der Waals surface area (Å²) in [6.45, 7) is 1.78. The summed E-state index contributed by atoms with van der Waals surface area (Å²) in [5.41, 5.74) is 7.30.